The molecule has 0 saturated carbocycles. The number of amides is 1. The van der Waals surface area contributed by atoms with Crippen LogP contribution in [0.1, 0.15) is 35.2 Å². The van der Waals surface area contributed by atoms with Crippen LogP contribution in [-0.4, -0.2) is 47.9 Å². The van der Waals surface area contributed by atoms with E-state index >= 15 is 0 Å². The Hall–Kier alpha value is -2.44. The van der Waals surface area contributed by atoms with Crippen LogP contribution in [0.5, 0.6) is 5.75 Å². The summed E-state index contributed by atoms with van der Waals surface area (Å²) in [6, 6.07) is 11.2. The summed E-state index contributed by atoms with van der Waals surface area (Å²) in [5, 5.41) is 0. The van der Waals surface area contributed by atoms with Crippen LogP contribution in [0.3, 0.4) is 0 Å². The third-order valence-electron chi connectivity index (χ3n) is 5.04. The molecule has 0 bridgehead atoms. The predicted octanol–water partition coefficient (Wildman–Crippen LogP) is 3.03. The normalized spacial score (nSPS) is 19.0. The number of hydrogen-bond donors (Lipinski definition) is 0. The summed E-state index contributed by atoms with van der Waals surface area (Å²) in [5.41, 5.74) is 1.63. The van der Waals surface area contributed by atoms with Gasteiger partial charge < -0.3 is 19.1 Å². The van der Waals surface area contributed by atoms with Gasteiger partial charge in [-0.15, -0.1) is 0 Å². The first-order valence-corrected chi connectivity index (χ1v) is 9.43. The fourth-order valence-electron chi connectivity index (χ4n) is 3.51. The highest BCUT2D eigenvalue weighted by Gasteiger charge is 2.39. The van der Waals surface area contributed by atoms with Crippen molar-refractivity contribution in [3.63, 3.8) is 0 Å². The fourth-order valence-corrected chi connectivity index (χ4v) is 3.51. The number of rotatable bonds is 4. The molecule has 2 saturated heterocycles. The summed E-state index contributed by atoms with van der Waals surface area (Å²) >= 11 is 0. The molecule has 1 aromatic carbocycles. The molecule has 0 radical (unpaired) electrons. The molecule has 1 aromatic heterocycles. The van der Waals surface area contributed by atoms with Gasteiger partial charge in [0.25, 0.3) is 5.91 Å². The third-order valence-corrected chi connectivity index (χ3v) is 5.04. The lowest BCUT2D eigenvalue weighted by Crippen LogP contribution is -2.51. The maximum Gasteiger partial charge on any atom is 0.253 e. The lowest BCUT2D eigenvalue weighted by molar-refractivity contribution is -0.281. The quantitative estimate of drug-likeness (QED) is 0.830. The maximum absolute atomic E-state index is 12.9. The summed E-state index contributed by atoms with van der Waals surface area (Å²) in [4.78, 5) is 18.8. The Balaban J connectivity index is 1.36. The number of carbonyl (C=O) groups is 1. The van der Waals surface area contributed by atoms with E-state index in [1.54, 1.807) is 18.5 Å². The zero-order chi connectivity index (χ0) is 18.5. The molecule has 27 heavy (non-hydrogen) atoms. The van der Waals surface area contributed by atoms with Crippen LogP contribution in [0.15, 0.2) is 48.8 Å². The van der Waals surface area contributed by atoms with E-state index in [1.807, 2.05) is 35.2 Å². The first-order chi connectivity index (χ1) is 13.2. The SMILES string of the molecule is O=C(c1cccc(OCc2cccnc2)c1)N1CCC2(CC1)OCCCO2. The van der Waals surface area contributed by atoms with E-state index in [9.17, 15) is 4.79 Å². The molecule has 0 aliphatic carbocycles. The van der Waals surface area contributed by atoms with Gasteiger partial charge in [0.05, 0.1) is 13.2 Å². The van der Waals surface area contributed by atoms with E-state index in [0.29, 0.717) is 31.0 Å². The largest absolute Gasteiger partial charge is 0.489 e. The Morgan fingerprint density at radius 2 is 1.96 bits per heavy atom. The van der Waals surface area contributed by atoms with Crippen molar-refractivity contribution in [3.05, 3.63) is 59.9 Å². The van der Waals surface area contributed by atoms with Gasteiger partial charge >= 0.3 is 0 Å². The van der Waals surface area contributed by atoms with Crippen molar-refractivity contribution in [1.29, 1.82) is 0 Å². The Kier molecular flexibility index (Phi) is 5.36. The van der Waals surface area contributed by atoms with Crippen molar-refractivity contribution in [3.8, 4) is 5.75 Å². The van der Waals surface area contributed by atoms with Gasteiger partial charge in [-0.1, -0.05) is 12.1 Å². The van der Waals surface area contributed by atoms with Crippen molar-refractivity contribution >= 4 is 5.91 Å². The summed E-state index contributed by atoms with van der Waals surface area (Å²) in [7, 11) is 0. The summed E-state index contributed by atoms with van der Waals surface area (Å²) in [5.74, 6) is 0.216. The predicted molar refractivity (Wildman–Crippen MR) is 99.4 cm³/mol. The molecule has 2 aliphatic heterocycles. The minimum atomic E-state index is -0.482. The first-order valence-electron chi connectivity index (χ1n) is 9.43. The molecule has 4 rings (SSSR count). The van der Waals surface area contributed by atoms with E-state index in [4.69, 9.17) is 14.2 Å². The molecule has 0 N–H and O–H groups in total. The minimum Gasteiger partial charge on any atom is -0.489 e. The van der Waals surface area contributed by atoms with Gasteiger partial charge in [0.2, 0.25) is 0 Å². The second-order valence-electron chi connectivity index (χ2n) is 6.93. The van der Waals surface area contributed by atoms with Gasteiger partial charge in [0.15, 0.2) is 5.79 Å². The molecule has 0 atom stereocenters. The van der Waals surface area contributed by atoms with Gasteiger partial charge in [0.1, 0.15) is 12.4 Å². The molecular weight excluding hydrogens is 344 g/mol. The second kappa shape index (κ2) is 8.06. The Morgan fingerprint density at radius 3 is 2.70 bits per heavy atom. The molecule has 0 unspecified atom stereocenters. The van der Waals surface area contributed by atoms with E-state index in [1.165, 1.54) is 0 Å². The van der Waals surface area contributed by atoms with Crippen LogP contribution in [0.2, 0.25) is 0 Å². The summed E-state index contributed by atoms with van der Waals surface area (Å²) < 4.78 is 17.5. The molecule has 6 heteroatoms. The summed E-state index contributed by atoms with van der Waals surface area (Å²) in [6.45, 7) is 3.18. The smallest absolute Gasteiger partial charge is 0.253 e. The van der Waals surface area contributed by atoms with Gasteiger partial charge in [-0.2, -0.15) is 0 Å². The lowest BCUT2D eigenvalue weighted by atomic mass is 10.0. The van der Waals surface area contributed by atoms with Gasteiger partial charge in [-0.05, 0) is 30.7 Å². The number of nitrogens with zero attached hydrogens (tertiary/aromatic N) is 2. The van der Waals surface area contributed by atoms with Crippen LogP contribution >= 0.6 is 0 Å². The van der Waals surface area contributed by atoms with Crippen LogP contribution in [0.4, 0.5) is 0 Å². The van der Waals surface area contributed by atoms with Crippen LogP contribution in [0.25, 0.3) is 0 Å². The Labute approximate surface area is 159 Å². The first kappa shape index (κ1) is 17.9. The molecule has 2 aromatic rings. The molecular formula is C21H24N2O4. The van der Waals surface area contributed by atoms with Crippen molar-refractivity contribution in [2.45, 2.75) is 31.7 Å². The van der Waals surface area contributed by atoms with Crippen LogP contribution in [0, 0.1) is 0 Å². The highest BCUT2D eigenvalue weighted by atomic mass is 16.7. The molecule has 2 fully saturated rings. The standard InChI is InChI=1S/C21H24N2O4/c24-20(23-10-7-21(8-11-23)26-12-3-13-27-21)18-5-1-6-19(14-18)25-16-17-4-2-9-22-15-17/h1-2,4-6,9,14-15H,3,7-8,10-13,16H2. The average Bonchev–Trinajstić information content (AvgIpc) is 2.74. The van der Waals surface area contributed by atoms with E-state index in [2.05, 4.69) is 4.98 Å². The monoisotopic (exact) mass is 368 g/mol. The zero-order valence-corrected chi connectivity index (χ0v) is 15.3. The van der Waals surface area contributed by atoms with Gasteiger partial charge in [0, 0.05) is 49.5 Å². The van der Waals surface area contributed by atoms with E-state index in [0.717, 1.165) is 38.0 Å². The van der Waals surface area contributed by atoms with E-state index < -0.39 is 5.79 Å². The number of piperidine rings is 1. The summed E-state index contributed by atoms with van der Waals surface area (Å²) in [6.07, 6.45) is 5.88. The maximum atomic E-state index is 12.9. The molecule has 142 valence electrons. The molecule has 1 amide bonds. The van der Waals surface area contributed by atoms with Gasteiger partial charge in [-0.25, -0.2) is 0 Å². The highest BCUT2D eigenvalue weighted by Crippen LogP contribution is 2.31. The number of likely N-dealkylation sites (tertiary alicyclic amines) is 1. The third kappa shape index (κ3) is 4.28. The van der Waals surface area contributed by atoms with Crippen molar-refractivity contribution in [2.75, 3.05) is 26.3 Å². The number of aromatic nitrogens is 1. The zero-order valence-electron chi connectivity index (χ0n) is 15.3. The van der Waals surface area contributed by atoms with Crippen LogP contribution < -0.4 is 4.74 Å². The number of ether oxygens (including phenoxy) is 3. The number of carbonyl (C=O) groups excluding carboxylic acids is 1. The van der Waals surface area contributed by atoms with Crippen molar-refractivity contribution in [1.82, 2.24) is 9.88 Å². The van der Waals surface area contributed by atoms with Crippen LogP contribution in [-0.2, 0) is 16.1 Å². The molecule has 3 heterocycles. The number of pyridine rings is 1. The number of hydrogen-bond acceptors (Lipinski definition) is 5. The second-order valence-corrected chi connectivity index (χ2v) is 6.93. The Morgan fingerprint density at radius 1 is 1.15 bits per heavy atom. The Bertz CT molecular complexity index is 765. The molecule has 2 aliphatic rings. The minimum absolute atomic E-state index is 0.0208. The lowest BCUT2D eigenvalue weighted by Gasteiger charge is -2.43. The topological polar surface area (TPSA) is 60.9 Å². The molecule has 1 spiro atoms. The van der Waals surface area contributed by atoms with Crippen molar-refractivity contribution < 1.29 is 19.0 Å². The average molecular weight is 368 g/mol. The fraction of sp³-hybridized carbons (Fsp3) is 0.429. The highest BCUT2D eigenvalue weighted by molar-refractivity contribution is 5.94. The van der Waals surface area contributed by atoms with Gasteiger partial charge in [-0.3, -0.25) is 9.78 Å². The molecule has 6 nitrogen and oxygen atoms in total. The van der Waals surface area contributed by atoms with E-state index in [-0.39, 0.29) is 5.91 Å². The van der Waals surface area contributed by atoms with Crippen molar-refractivity contribution in [2.24, 2.45) is 0 Å². The number of benzene rings is 1.